The molecule has 2 bridgehead atoms. The van der Waals surface area contributed by atoms with Crippen molar-refractivity contribution in [2.75, 3.05) is 32.8 Å². The Morgan fingerprint density at radius 2 is 1.80 bits per heavy atom. The lowest BCUT2D eigenvalue weighted by Gasteiger charge is -2.63. The maximum Gasteiger partial charge on any atom is 0.433 e. The number of sulfonamides is 1. The van der Waals surface area contributed by atoms with Gasteiger partial charge in [0.15, 0.2) is 0 Å². The zero-order valence-electron chi connectivity index (χ0n) is 17.3. The van der Waals surface area contributed by atoms with Crippen molar-refractivity contribution in [2.24, 2.45) is 10.8 Å². The molecule has 1 aromatic heterocycles. The third-order valence-corrected chi connectivity index (χ3v) is 9.57. The molecule has 0 amide bonds. The van der Waals surface area contributed by atoms with Crippen LogP contribution in [0.1, 0.15) is 38.1 Å². The highest BCUT2D eigenvalue weighted by molar-refractivity contribution is 7.89. The molecule has 5 fully saturated rings. The molecule has 166 valence electrons. The second-order valence-electron chi connectivity index (χ2n) is 10.1. The Labute approximate surface area is 174 Å². The Morgan fingerprint density at radius 1 is 1.17 bits per heavy atom. The Hall–Kier alpha value is -1.23. The van der Waals surface area contributed by atoms with Crippen molar-refractivity contribution in [3.05, 3.63) is 23.5 Å². The van der Waals surface area contributed by atoms with Crippen LogP contribution in [-0.2, 0) is 20.9 Å². The van der Waals surface area contributed by atoms with Gasteiger partial charge in [0, 0.05) is 43.1 Å². The molecule has 5 heterocycles. The number of likely N-dealkylation sites (tertiary alicyclic amines) is 1. The molecule has 1 spiro atoms. The van der Waals surface area contributed by atoms with Gasteiger partial charge in [-0.2, -0.15) is 17.5 Å². The van der Waals surface area contributed by atoms with Crippen LogP contribution in [0.2, 0.25) is 0 Å². The number of alkyl halides is 3. The van der Waals surface area contributed by atoms with E-state index in [-0.39, 0.29) is 27.0 Å². The lowest BCUT2D eigenvalue weighted by atomic mass is 9.58. The van der Waals surface area contributed by atoms with E-state index in [2.05, 4.69) is 23.7 Å². The normalized spacial score (nSPS) is 34.3. The monoisotopic (exact) mass is 445 g/mol. The van der Waals surface area contributed by atoms with Crippen LogP contribution >= 0.6 is 0 Å². The van der Waals surface area contributed by atoms with Gasteiger partial charge in [-0.1, -0.05) is 0 Å². The van der Waals surface area contributed by atoms with E-state index in [9.17, 15) is 21.6 Å². The first kappa shape index (κ1) is 20.7. The minimum absolute atomic E-state index is 0.0439. The smallest absolute Gasteiger partial charge is 0.375 e. The van der Waals surface area contributed by atoms with Crippen LogP contribution in [0, 0.1) is 17.8 Å². The number of nitrogens with zero attached hydrogens (tertiary/aromatic N) is 3. The molecule has 1 unspecified atom stereocenters. The van der Waals surface area contributed by atoms with Gasteiger partial charge in [0.2, 0.25) is 10.0 Å². The molecule has 0 N–H and O–H groups in total. The number of fused-ring (bicyclic) bond motifs is 1. The predicted octanol–water partition coefficient (Wildman–Crippen LogP) is 2.67. The van der Waals surface area contributed by atoms with Gasteiger partial charge in [0.1, 0.15) is 10.6 Å². The first-order valence-electron chi connectivity index (χ1n) is 10.2. The summed E-state index contributed by atoms with van der Waals surface area (Å²) < 4.78 is 71.6. The molecule has 10 heteroatoms. The maximum atomic E-state index is 12.9. The zero-order valence-corrected chi connectivity index (χ0v) is 18.1. The van der Waals surface area contributed by atoms with E-state index >= 15 is 0 Å². The second kappa shape index (κ2) is 5.96. The number of hydrogen-bond acceptors (Lipinski definition) is 5. The first-order chi connectivity index (χ1) is 13.8. The third-order valence-electron chi connectivity index (χ3n) is 7.64. The van der Waals surface area contributed by atoms with Gasteiger partial charge in [0.05, 0.1) is 17.9 Å². The highest BCUT2D eigenvalue weighted by atomic mass is 32.2. The van der Waals surface area contributed by atoms with Crippen molar-refractivity contribution in [1.82, 2.24) is 14.2 Å². The molecular weight excluding hydrogens is 419 g/mol. The van der Waals surface area contributed by atoms with Gasteiger partial charge in [0.25, 0.3) is 0 Å². The number of hydrogen-bond donors (Lipinski definition) is 0. The Bertz CT molecular complexity index is 990. The molecule has 4 saturated heterocycles. The highest BCUT2D eigenvalue weighted by Gasteiger charge is 2.65. The van der Waals surface area contributed by atoms with E-state index in [1.54, 1.807) is 0 Å². The number of rotatable bonds is 4. The van der Waals surface area contributed by atoms with Gasteiger partial charge in [-0.25, -0.2) is 13.4 Å². The summed E-state index contributed by atoms with van der Waals surface area (Å²) in [5.41, 5.74) is -0.966. The van der Waals surface area contributed by atoms with Crippen molar-refractivity contribution in [3.63, 3.8) is 0 Å². The third kappa shape index (κ3) is 2.87. The van der Waals surface area contributed by atoms with Gasteiger partial charge in [-0.3, -0.25) is 4.90 Å². The molecular formula is C20H26F3N3O3S. The summed E-state index contributed by atoms with van der Waals surface area (Å²) in [7, 11) is -3.84. The molecule has 30 heavy (non-hydrogen) atoms. The molecule has 1 saturated carbocycles. The zero-order chi connectivity index (χ0) is 21.7. The van der Waals surface area contributed by atoms with Crippen molar-refractivity contribution in [3.8, 4) is 0 Å². The van der Waals surface area contributed by atoms with Crippen molar-refractivity contribution >= 4 is 10.0 Å². The van der Waals surface area contributed by atoms with Gasteiger partial charge in [-0.15, -0.1) is 0 Å². The Kier molecular flexibility index (Phi) is 4.11. The molecule has 6 nitrogen and oxygen atoms in total. The number of pyridine rings is 1. The molecule has 1 atom stereocenters. The second-order valence-corrected chi connectivity index (χ2v) is 12.0. The summed E-state index contributed by atoms with van der Waals surface area (Å²) in [4.78, 5) is 5.74. The van der Waals surface area contributed by atoms with E-state index in [1.807, 2.05) is 0 Å². The first-order valence-corrected chi connectivity index (χ1v) is 11.6. The average Bonchev–Trinajstić information content (AvgIpc) is 3.05. The van der Waals surface area contributed by atoms with Gasteiger partial charge in [-0.05, 0) is 45.7 Å². The number of aryl methyl sites for hydroxylation is 1. The fraction of sp³-hybridized carbons (Fsp3) is 0.750. The fourth-order valence-electron chi connectivity index (χ4n) is 6.04. The SMILES string of the molecule is Cc1nc(C(F)(F)F)ccc1S(=O)(=O)N1CC2(CN(C(C)C34COC(C)(C3)C4)C2)C1. The van der Waals surface area contributed by atoms with Crippen LogP contribution in [0.15, 0.2) is 17.0 Å². The molecule has 0 aromatic carbocycles. The van der Waals surface area contributed by atoms with E-state index in [0.717, 1.165) is 44.7 Å². The molecule has 6 rings (SSSR count). The Morgan fingerprint density at radius 3 is 2.30 bits per heavy atom. The predicted molar refractivity (Wildman–Crippen MR) is 102 cm³/mol. The minimum Gasteiger partial charge on any atom is -0.375 e. The van der Waals surface area contributed by atoms with E-state index in [4.69, 9.17) is 4.74 Å². The van der Waals surface area contributed by atoms with Crippen LogP contribution < -0.4 is 0 Å². The quantitative estimate of drug-likeness (QED) is 0.713. The van der Waals surface area contributed by atoms with Crippen molar-refractivity contribution < 1.29 is 26.3 Å². The lowest BCUT2D eigenvalue weighted by Crippen LogP contribution is -2.75. The minimum atomic E-state index is -4.60. The maximum absolute atomic E-state index is 12.9. The summed E-state index contributed by atoms with van der Waals surface area (Å²) in [5.74, 6) is 0. The molecule has 5 aliphatic rings. The number of ether oxygens (including phenoxy) is 1. The van der Waals surface area contributed by atoms with Gasteiger partial charge >= 0.3 is 6.18 Å². The van der Waals surface area contributed by atoms with Crippen LogP contribution in [0.3, 0.4) is 0 Å². The Balaban J connectivity index is 1.22. The summed E-state index contributed by atoms with van der Waals surface area (Å²) in [6, 6.07) is 2.16. The van der Waals surface area contributed by atoms with E-state index in [0.29, 0.717) is 19.1 Å². The molecule has 4 aliphatic heterocycles. The van der Waals surface area contributed by atoms with Crippen LogP contribution in [0.5, 0.6) is 0 Å². The van der Waals surface area contributed by atoms with E-state index < -0.39 is 21.9 Å². The van der Waals surface area contributed by atoms with Crippen LogP contribution in [-0.4, -0.2) is 67.0 Å². The van der Waals surface area contributed by atoms with E-state index in [1.165, 1.54) is 11.2 Å². The lowest BCUT2D eigenvalue weighted by molar-refractivity contribution is -0.141. The molecule has 1 aromatic rings. The summed E-state index contributed by atoms with van der Waals surface area (Å²) >= 11 is 0. The summed E-state index contributed by atoms with van der Waals surface area (Å²) in [6.45, 7) is 9.02. The van der Waals surface area contributed by atoms with Crippen molar-refractivity contribution in [2.45, 2.75) is 56.3 Å². The average molecular weight is 446 g/mol. The van der Waals surface area contributed by atoms with Crippen LogP contribution in [0.4, 0.5) is 13.2 Å². The number of halogens is 3. The van der Waals surface area contributed by atoms with Crippen LogP contribution in [0.25, 0.3) is 0 Å². The summed E-state index contributed by atoms with van der Waals surface area (Å²) in [5, 5.41) is 0. The molecule has 0 radical (unpaired) electrons. The molecule has 1 aliphatic carbocycles. The largest absolute Gasteiger partial charge is 0.433 e. The fourth-order valence-corrected chi connectivity index (χ4v) is 7.87. The summed E-state index contributed by atoms with van der Waals surface area (Å²) in [6.07, 6.45) is -2.42. The highest BCUT2D eigenvalue weighted by Crippen LogP contribution is 2.61. The van der Waals surface area contributed by atoms with Gasteiger partial charge < -0.3 is 4.74 Å². The topological polar surface area (TPSA) is 62.7 Å². The number of aromatic nitrogens is 1. The standard InChI is InChI=1S/C20H26F3N3O3S/c1-13-15(4-5-16(24-13)20(21,22)23)30(27,28)26-10-18(11-26)8-25(9-18)14(2)19-6-17(3,7-19)29-12-19/h4-5,14H,6-12H2,1-3H3. The van der Waals surface area contributed by atoms with Crippen molar-refractivity contribution in [1.29, 1.82) is 0 Å².